The maximum Gasteiger partial charge on any atom is 0.246 e. The number of nitrogens with zero attached hydrogens (tertiary/aromatic N) is 2. The molecule has 21 nitrogen and oxygen atoms in total. The zero-order chi connectivity index (χ0) is 53.6. The lowest BCUT2D eigenvalue weighted by Gasteiger charge is -2.38. The van der Waals surface area contributed by atoms with Crippen LogP contribution in [0.25, 0.3) is 0 Å². The van der Waals surface area contributed by atoms with Crippen LogP contribution in [-0.2, 0) is 43.1 Å². The van der Waals surface area contributed by atoms with Crippen molar-refractivity contribution in [1.82, 2.24) is 36.8 Å². The molecule has 0 aromatic heterocycles. The number of ether oxygens (including phenoxy) is 1. The average molecular weight is 1060 g/mol. The van der Waals surface area contributed by atoms with E-state index < -0.39 is 53.4 Å². The number of piperidine rings is 1. The van der Waals surface area contributed by atoms with E-state index in [4.69, 9.17) is 26.3 Å². The molecule has 72 heavy (non-hydrogen) atoms. The van der Waals surface area contributed by atoms with Crippen molar-refractivity contribution >= 4 is 76.5 Å². The first kappa shape index (κ1) is 63.8. The van der Waals surface area contributed by atoms with Gasteiger partial charge in [-0.3, -0.25) is 48.2 Å². The first-order chi connectivity index (χ1) is 34.2. The fourth-order valence-corrected chi connectivity index (χ4v) is 9.82. The molecule has 0 unspecified atom stereocenters. The molecule has 0 bridgehead atoms. The lowest BCUT2D eigenvalue weighted by molar-refractivity contribution is -0.140. The number of aliphatic imine (C=N–C) groups is 1. The second kappa shape index (κ2) is 35.0. The number of carbonyl (C=O) groups excluding carboxylic acids is 8. The van der Waals surface area contributed by atoms with E-state index in [9.17, 15) is 43.5 Å². The molecule has 2 heterocycles. The number of hydrogen-bond acceptors (Lipinski definition) is 15. The molecular formula is C49H86N10O11S2. The van der Waals surface area contributed by atoms with Crippen molar-refractivity contribution in [3.63, 3.8) is 0 Å². The minimum atomic E-state index is -1.26. The second-order valence-electron chi connectivity index (χ2n) is 19.3. The van der Waals surface area contributed by atoms with Crippen LogP contribution in [0.5, 0.6) is 0 Å². The van der Waals surface area contributed by atoms with Crippen molar-refractivity contribution in [2.24, 2.45) is 28.3 Å². The summed E-state index contributed by atoms with van der Waals surface area (Å²) >= 11 is 3.16. The highest BCUT2D eigenvalue weighted by Crippen LogP contribution is 2.23. The van der Waals surface area contributed by atoms with Gasteiger partial charge in [-0.1, -0.05) is 40.2 Å². The van der Waals surface area contributed by atoms with Gasteiger partial charge in [0.25, 0.3) is 0 Å². The molecular weight excluding hydrogens is 969 g/mol. The summed E-state index contributed by atoms with van der Waals surface area (Å²) in [6.07, 6.45) is 6.19. The first-order valence-electron chi connectivity index (χ1n) is 25.5. The van der Waals surface area contributed by atoms with Crippen LogP contribution >= 0.6 is 23.5 Å². The molecule has 0 radical (unpaired) electrons. The molecule has 2 aliphatic heterocycles. The van der Waals surface area contributed by atoms with Crippen LogP contribution in [0.1, 0.15) is 125 Å². The number of unbranched alkanes of at least 4 members (excludes halogenated alkanes) is 1. The number of primary amides is 2. The molecule has 0 spiro atoms. The Balaban J connectivity index is 1.72. The van der Waals surface area contributed by atoms with Gasteiger partial charge in [-0.2, -0.15) is 23.5 Å². The Morgan fingerprint density at radius 2 is 1.49 bits per heavy atom. The van der Waals surface area contributed by atoms with Gasteiger partial charge in [-0.25, -0.2) is 0 Å². The third-order valence-electron chi connectivity index (χ3n) is 12.6. The molecule has 2 rings (SSSR count). The highest BCUT2D eigenvalue weighted by atomic mass is 32.2. The van der Waals surface area contributed by atoms with Crippen LogP contribution in [0.4, 0.5) is 0 Å². The average Bonchev–Trinajstić information content (AvgIpc) is 3.33. The van der Waals surface area contributed by atoms with Crippen molar-refractivity contribution in [1.29, 1.82) is 0 Å². The second-order valence-corrected chi connectivity index (χ2v) is 21.5. The number of allylic oxidation sites excluding steroid dienone is 1. The van der Waals surface area contributed by atoms with Crippen LogP contribution < -0.4 is 43.4 Å². The van der Waals surface area contributed by atoms with Gasteiger partial charge in [-0.05, 0) is 70.6 Å². The fourth-order valence-electron chi connectivity index (χ4n) is 8.08. The summed E-state index contributed by atoms with van der Waals surface area (Å²) in [5, 5.41) is 35.3. The van der Waals surface area contributed by atoms with Gasteiger partial charge in [-0.15, -0.1) is 0 Å². The van der Waals surface area contributed by atoms with Crippen LogP contribution in [0, 0.1) is 11.8 Å². The zero-order valence-electron chi connectivity index (χ0n) is 43.5. The number of hydrogen-bond donors (Lipinski definition) is 10. The summed E-state index contributed by atoms with van der Waals surface area (Å²) in [7, 11) is 0. The Kier molecular flexibility index (Phi) is 31.0. The zero-order valence-corrected chi connectivity index (χ0v) is 45.2. The summed E-state index contributed by atoms with van der Waals surface area (Å²) in [5.41, 5.74) is 11.6. The summed E-state index contributed by atoms with van der Waals surface area (Å²) < 4.78 is 5.54. The Labute approximate surface area is 434 Å². The van der Waals surface area contributed by atoms with Crippen molar-refractivity contribution in [2.45, 2.75) is 161 Å². The topological polar surface area (TPSA) is 326 Å². The summed E-state index contributed by atoms with van der Waals surface area (Å²) in [4.78, 5) is 109. The van der Waals surface area contributed by atoms with E-state index in [-0.39, 0.29) is 100.0 Å². The quantitative estimate of drug-likeness (QED) is 0.0310. The monoisotopic (exact) mass is 1050 g/mol. The van der Waals surface area contributed by atoms with Crippen molar-refractivity contribution in [3.8, 4) is 0 Å². The number of likely N-dealkylation sites (tertiary alicyclic amines) is 1. The van der Waals surface area contributed by atoms with Crippen LogP contribution in [0.2, 0.25) is 0 Å². The Morgan fingerprint density at radius 3 is 2.08 bits per heavy atom. The largest absolute Gasteiger partial charge is 0.394 e. The summed E-state index contributed by atoms with van der Waals surface area (Å²) in [5.74, 6) is -1.18. The van der Waals surface area contributed by atoms with Crippen molar-refractivity contribution in [2.75, 3.05) is 69.0 Å². The fraction of sp³-hybridized carbons (Fsp3) is 0.776. The molecule has 410 valence electrons. The SMILES string of the molecule is C/C=C(/CSCCC(=O)NC1(C(=O)N[C@@H](CC(C)C)C(=O)N[C@H](C(N)=O)[C@@H](C)CC)CCOCC1)N=C(C)CSCCC(=O)NC1CCN(CC(=O)N[C@H](CCC(=O)NCCCC[C@H](O)CO)C(N)=O)CC1. The molecule has 5 atom stereocenters. The first-order valence-corrected chi connectivity index (χ1v) is 27.8. The van der Waals surface area contributed by atoms with E-state index in [0.717, 1.165) is 11.4 Å². The predicted molar refractivity (Wildman–Crippen MR) is 282 cm³/mol. The number of rotatable bonds is 35. The molecule has 0 aromatic rings. The number of nitrogens with two attached hydrogens (primary N) is 2. The normalized spacial score (nSPS) is 17.7. The lowest BCUT2D eigenvalue weighted by Crippen LogP contribution is -2.64. The third-order valence-corrected chi connectivity index (χ3v) is 14.7. The van der Waals surface area contributed by atoms with E-state index in [1.807, 2.05) is 52.5 Å². The molecule has 2 fully saturated rings. The van der Waals surface area contributed by atoms with Crippen molar-refractivity contribution < 1.29 is 53.3 Å². The highest BCUT2D eigenvalue weighted by molar-refractivity contribution is 8.00. The Morgan fingerprint density at radius 1 is 0.833 bits per heavy atom. The summed E-state index contributed by atoms with van der Waals surface area (Å²) in [6.45, 7) is 13.3. The van der Waals surface area contributed by atoms with Crippen LogP contribution in [0.3, 0.4) is 0 Å². The van der Waals surface area contributed by atoms with Gasteiger partial charge in [0.2, 0.25) is 47.3 Å². The van der Waals surface area contributed by atoms with Crippen LogP contribution in [0.15, 0.2) is 16.8 Å². The maximum atomic E-state index is 13.9. The molecule has 23 heteroatoms. The minimum absolute atomic E-state index is 0.00561. The summed E-state index contributed by atoms with van der Waals surface area (Å²) in [6, 6.07) is -2.83. The van der Waals surface area contributed by atoms with Gasteiger partial charge < -0.3 is 58.3 Å². The van der Waals surface area contributed by atoms with Gasteiger partial charge in [0.05, 0.1) is 19.3 Å². The molecule has 0 saturated carbocycles. The molecule has 0 aliphatic carbocycles. The molecule has 2 saturated heterocycles. The maximum absolute atomic E-state index is 13.9. The van der Waals surface area contributed by atoms with E-state index >= 15 is 0 Å². The highest BCUT2D eigenvalue weighted by Gasteiger charge is 2.43. The van der Waals surface area contributed by atoms with Crippen LogP contribution in [-0.4, -0.2) is 173 Å². The Hall–Kier alpha value is -4.29. The molecule has 12 N–H and O–H groups in total. The van der Waals surface area contributed by atoms with Gasteiger partial charge >= 0.3 is 0 Å². The molecule has 8 amide bonds. The van der Waals surface area contributed by atoms with Gasteiger partial charge in [0, 0.05) is 105 Å². The number of nitrogens with one attached hydrogen (secondary N) is 6. The Bertz CT molecular complexity index is 1810. The smallest absolute Gasteiger partial charge is 0.246 e. The van der Waals surface area contributed by atoms with E-state index in [1.54, 1.807) is 23.5 Å². The van der Waals surface area contributed by atoms with Crippen molar-refractivity contribution in [3.05, 3.63) is 11.8 Å². The number of aliphatic hydroxyl groups is 2. The standard InChI is InChI=1S/C49H86N10O11S2/c1-7-33(5)44(46(51)67)57-47(68)39(27-32(3)4)56-48(69)49(18-23-70-24-19-49)58-42(64)17-26-72-31-35(8-2)53-34(6)30-71-25-16-41(63)54-36-14-21-59(22-15-36)28-43(65)55-38(45(50)66)12-13-40(62)52-20-10-9-11-37(61)29-60/h8,32-33,36-39,44,60-61H,7,9-31H2,1-6H3,(H2,50,66)(H2,51,67)(H,52,62)(H,54,63)(H,55,65)(H,56,69)(H,57,68)(H,58,64)/b35-8-,53-34?/t33-,37-,38+,39-,44-/m0/s1. The third kappa shape index (κ3) is 25.6. The number of amides is 8. The lowest BCUT2D eigenvalue weighted by atomic mass is 9.87. The van der Waals surface area contributed by atoms with Gasteiger partial charge in [0.1, 0.15) is 23.7 Å². The van der Waals surface area contributed by atoms with Gasteiger partial charge in [0.15, 0.2) is 0 Å². The number of thioether (sulfide) groups is 2. The number of aliphatic hydroxyl groups excluding tert-OH is 2. The van der Waals surface area contributed by atoms with E-state index in [2.05, 4.69) is 31.9 Å². The molecule has 2 aliphatic rings. The minimum Gasteiger partial charge on any atom is -0.394 e. The molecule has 0 aromatic carbocycles. The van der Waals surface area contributed by atoms with E-state index in [0.29, 0.717) is 94.0 Å². The van der Waals surface area contributed by atoms with E-state index in [1.165, 1.54) is 0 Å². The predicted octanol–water partition coefficient (Wildman–Crippen LogP) is 0.781. The number of carbonyl (C=O) groups is 8.